The minimum absolute atomic E-state index is 0.103. The number of rotatable bonds is 8. The van der Waals surface area contributed by atoms with E-state index < -0.39 is 0 Å². The Balaban J connectivity index is 1.04. The SMILES string of the molecule is CCOC(=O)C1CCN(c2ncc(C(=O)Nc3nc(-c4cc(Cl)cs4)c(N4CCC5C(CCN5C5CCCCC5)C4)s3)cc2Cl)CC1. The maximum Gasteiger partial charge on any atom is 0.309 e. The summed E-state index contributed by atoms with van der Waals surface area (Å²) in [6.45, 7) is 6.71. The number of piperidine rings is 2. The number of esters is 1. The van der Waals surface area contributed by atoms with Crippen molar-refractivity contribution < 1.29 is 14.3 Å². The lowest BCUT2D eigenvalue weighted by molar-refractivity contribution is -0.148. The summed E-state index contributed by atoms with van der Waals surface area (Å²) in [6.07, 6.45) is 12.2. The van der Waals surface area contributed by atoms with Crippen LogP contribution in [0.15, 0.2) is 23.7 Å². The van der Waals surface area contributed by atoms with Crippen LogP contribution in [0.4, 0.5) is 16.0 Å². The molecule has 4 fully saturated rings. The van der Waals surface area contributed by atoms with Crippen molar-refractivity contribution in [1.29, 1.82) is 0 Å². The standard InChI is InChI=1S/C34H42Cl2N6O3S2/c1-2-45-33(44)21-8-12-40(13-9-21)30-26(36)16-23(18-37-30)31(43)39-34-38-29(28-17-24(35)20-46-28)32(47-34)41-14-11-27-22(19-41)10-15-42(27)25-6-4-3-5-7-25/h16-18,20-22,25,27H,2-15,19H2,1H3,(H,38,39,43). The van der Waals surface area contributed by atoms with Crippen molar-refractivity contribution in [3.05, 3.63) is 39.3 Å². The number of thiazole rings is 1. The number of hydrogen-bond donors (Lipinski definition) is 1. The molecule has 7 rings (SSSR count). The van der Waals surface area contributed by atoms with Gasteiger partial charge in [0.1, 0.15) is 16.5 Å². The van der Waals surface area contributed by atoms with Gasteiger partial charge in [-0.1, -0.05) is 53.8 Å². The van der Waals surface area contributed by atoms with Crippen LogP contribution in [0.25, 0.3) is 10.6 Å². The summed E-state index contributed by atoms with van der Waals surface area (Å²) >= 11 is 16.1. The molecule has 1 N–H and O–H groups in total. The van der Waals surface area contributed by atoms with E-state index in [9.17, 15) is 9.59 Å². The number of anilines is 3. The molecule has 1 saturated carbocycles. The van der Waals surface area contributed by atoms with Gasteiger partial charge in [-0.15, -0.1) is 11.3 Å². The van der Waals surface area contributed by atoms with Gasteiger partial charge in [0, 0.05) is 49.8 Å². The highest BCUT2D eigenvalue weighted by atomic mass is 35.5. The quantitative estimate of drug-likeness (QED) is 0.236. The van der Waals surface area contributed by atoms with Crippen LogP contribution in [0.1, 0.15) is 75.1 Å². The van der Waals surface area contributed by atoms with Crippen LogP contribution in [0, 0.1) is 11.8 Å². The van der Waals surface area contributed by atoms with Gasteiger partial charge in [0.25, 0.3) is 5.91 Å². The van der Waals surface area contributed by atoms with E-state index in [-0.39, 0.29) is 17.8 Å². The summed E-state index contributed by atoms with van der Waals surface area (Å²) in [5.41, 5.74) is 1.24. The Morgan fingerprint density at radius 2 is 1.79 bits per heavy atom. The third-order valence-electron chi connectivity index (χ3n) is 10.3. The number of fused-ring (bicyclic) bond motifs is 1. The van der Waals surface area contributed by atoms with Gasteiger partial charge in [0.2, 0.25) is 0 Å². The Kier molecular flexibility index (Phi) is 10.3. The summed E-state index contributed by atoms with van der Waals surface area (Å²) in [4.78, 5) is 43.5. The zero-order chi connectivity index (χ0) is 32.5. The smallest absolute Gasteiger partial charge is 0.309 e. The molecule has 9 nitrogen and oxygen atoms in total. The first-order chi connectivity index (χ1) is 22.9. The highest BCUT2D eigenvalue weighted by molar-refractivity contribution is 7.21. The van der Waals surface area contributed by atoms with Crippen molar-refractivity contribution in [2.45, 2.75) is 76.8 Å². The zero-order valence-electron chi connectivity index (χ0n) is 26.8. The summed E-state index contributed by atoms with van der Waals surface area (Å²) in [5, 5.41) is 7.69. The number of hydrogen-bond acceptors (Lipinski definition) is 10. The minimum atomic E-state index is -0.305. The average Bonchev–Trinajstić information content (AvgIpc) is 3.83. The second-order valence-electron chi connectivity index (χ2n) is 13.2. The van der Waals surface area contributed by atoms with Crippen molar-refractivity contribution in [2.75, 3.05) is 54.4 Å². The summed E-state index contributed by atoms with van der Waals surface area (Å²) in [7, 11) is 0. The van der Waals surface area contributed by atoms with Crippen LogP contribution in [0.2, 0.25) is 10.0 Å². The number of nitrogens with zero attached hydrogens (tertiary/aromatic N) is 5. The molecule has 13 heteroatoms. The first kappa shape index (κ1) is 33.1. The van der Waals surface area contributed by atoms with E-state index in [0.29, 0.717) is 71.1 Å². The van der Waals surface area contributed by atoms with E-state index in [1.165, 1.54) is 56.4 Å². The average molecular weight is 718 g/mol. The number of ether oxygens (including phenoxy) is 1. The fourth-order valence-electron chi connectivity index (χ4n) is 7.99. The molecule has 3 saturated heterocycles. The molecular formula is C34H42Cl2N6O3S2. The third kappa shape index (κ3) is 7.15. The van der Waals surface area contributed by atoms with E-state index in [2.05, 4.69) is 25.0 Å². The van der Waals surface area contributed by atoms with Crippen LogP contribution in [-0.2, 0) is 9.53 Å². The third-order valence-corrected chi connectivity index (χ3v) is 12.9. The van der Waals surface area contributed by atoms with Gasteiger partial charge in [-0.3, -0.25) is 19.8 Å². The second-order valence-corrected chi connectivity index (χ2v) is 15.9. The lowest BCUT2D eigenvalue weighted by atomic mass is 9.89. The van der Waals surface area contributed by atoms with Crippen molar-refractivity contribution >= 4 is 73.7 Å². The Bertz CT molecular complexity index is 1590. The predicted octanol–water partition coefficient (Wildman–Crippen LogP) is 7.84. The molecular weight excluding hydrogens is 675 g/mol. The highest BCUT2D eigenvalue weighted by Gasteiger charge is 2.42. The number of nitrogens with one attached hydrogen (secondary N) is 1. The van der Waals surface area contributed by atoms with Gasteiger partial charge in [-0.25, -0.2) is 9.97 Å². The monoisotopic (exact) mass is 716 g/mol. The molecule has 3 aromatic heterocycles. The van der Waals surface area contributed by atoms with Crippen LogP contribution >= 0.6 is 45.9 Å². The maximum atomic E-state index is 13.5. The summed E-state index contributed by atoms with van der Waals surface area (Å²) < 4.78 is 5.19. The Morgan fingerprint density at radius 3 is 2.51 bits per heavy atom. The van der Waals surface area contributed by atoms with Crippen molar-refractivity contribution in [1.82, 2.24) is 14.9 Å². The number of carbonyl (C=O) groups is 2. The molecule has 252 valence electrons. The molecule has 0 radical (unpaired) electrons. The topological polar surface area (TPSA) is 90.9 Å². The van der Waals surface area contributed by atoms with Crippen molar-refractivity contribution in [3.8, 4) is 10.6 Å². The van der Waals surface area contributed by atoms with Crippen molar-refractivity contribution in [3.63, 3.8) is 0 Å². The van der Waals surface area contributed by atoms with Gasteiger partial charge < -0.3 is 14.5 Å². The molecule has 1 aliphatic carbocycles. The van der Waals surface area contributed by atoms with Gasteiger partial charge >= 0.3 is 5.97 Å². The number of likely N-dealkylation sites (tertiary alicyclic amines) is 1. The highest BCUT2D eigenvalue weighted by Crippen LogP contribution is 2.45. The molecule has 3 aliphatic heterocycles. The molecule has 6 heterocycles. The lowest BCUT2D eigenvalue weighted by Crippen LogP contribution is -2.49. The van der Waals surface area contributed by atoms with E-state index >= 15 is 0 Å². The molecule has 2 unspecified atom stereocenters. The van der Waals surface area contributed by atoms with Crippen LogP contribution in [-0.4, -0.2) is 78.2 Å². The van der Waals surface area contributed by atoms with Crippen LogP contribution in [0.5, 0.6) is 0 Å². The molecule has 0 spiro atoms. The van der Waals surface area contributed by atoms with Gasteiger partial charge in [-0.05, 0) is 70.0 Å². The first-order valence-electron chi connectivity index (χ1n) is 17.0. The Morgan fingerprint density at radius 1 is 1.00 bits per heavy atom. The molecule has 0 aromatic carbocycles. The lowest BCUT2D eigenvalue weighted by Gasteiger charge is -2.42. The fourth-order valence-corrected chi connectivity index (χ4v) is 10.4. The predicted molar refractivity (Wildman–Crippen MR) is 192 cm³/mol. The van der Waals surface area contributed by atoms with Crippen molar-refractivity contribution in [2.24, 2.45) is 11.8 Å². The normalized spacial score (nSPS) is 22.8. The van der Waals surface area contributed by atoms with E-state index in [1.54, 1.807) is 23.6 Å². The number of aromatic nitrogens is 2. The Hall–Kier alpha value is -2.44. The number of amides is 1. The largest absolute Gasteiger partial charge is 0.466 e. The van der Waals surface area contributed by atoms with E-state index in [1.807, 2.05) is 18.4 Å². The molecule has 2 atom stereocenters. The molecule has 4 aliphatic rings. The molecule has 3 aromatic rings. The van der Waals surface area contributed by atoms with Gasteiger partial charge in [0.05, 0.1) is 33.0 Å². The van der Waals surface area contributed by atoms with Gasteiger partial charge in [-0.2, -0.15) is 0 Å². The summed E-state index contributed by atoms with van der Waals surface area (Å²) in [6, 6.07) is 5.06. The molecule has 47 heavy (non-hydrogen) atoms. The molecule has 0 bridgehead atoms. The zero-order valence-corrected chi connectivity index (χ0v) is 29.9. The minimum Gasteiger partial charge on any atom is -0.466 e. The number of halogens is 2. The number of pyridine rings is 1. The summed E-state index contributed by atoms with van der Waals surface area (Å²) in [5.74, 6) is 0.720. The molecule has 1 amide bonds. The Labute approximate surface area is 294 Å². The maximum absolute atomic E-state index is 13.5. The van der Waals surface area contributed by atoms with Crippen LogP contribution in [0.3, 0.4) is 0 Å². The first-order valence-corrected chi connectivity index (χ1v) is 19.5. The van der Waals surface area contributed by atoms with E-state index in [4.69, 9.17) is 32.9 Å². The fraction of sp³-hybridized carbons (Fsp3) is 0.588. The number of thiophene rings is 1. The number of carbonyl (C=O) groups excluding carboxylic acids is 2. The second kappa shape index (κ2) is 14.6. The van der Waals surface area contributed by atoms with E-state index in [0.717, 1.165) is 41.1 Å². The van der Waals surface area contributed by atoms with Gasteiger partial charge in [0.15, 0.2) is 5.13 Å². The van der Waals surface area contributed by atoms with Crippen LogP contribution < -0.4 is 15.1 Å².